The van der Waals surface area contributed by atoms with Gasteiger partial charge in [-0.1, -0.05) is 18.9 Å². The van der Waals surface area contributed by atoms with Crippen molar-refractivity contribution < 1.29 is 9.59 Å². The van der Waals surface area contributed by atoms with Gasteiger partial charge in [-0.25, -0.2) is 0 Å². The zero-order valence-electron chi connectivity index (χ0n) is 13.0. The highest BCUT2D eigenvalue weighted by molar-refractivity contribution is 5.98. The molecule has 2 unspecified atom stereocenters. The van der Waals surface area contributed by atoms with Gasteiger partial charge in [0.25, 0.3) is 0 Å². The van der Waals surface area contributed by atoms with Crippen molar-refractivity contribution in [2.45, 2.75) is 45.1 Å². The minimum absolute atomic E-state index is 0. The molecule has 1 fully saturated rings. The quantitative estimate of drug-likeness (QED) is 0.795. The second-order valence-corrected chi connectivity index (χ2v) is 6.19. The molecule has 1 aliphatic carbocycles. The van der Waals surface area contributed by atoms with E-state index in [0.29, 0.717) is 11.3 Å². The second kappa shape index (κ2) is 7.11. The third-order valence-corrected chi connectivity index (χ3v) is 4.35. The first-order chi connectivity index (χ1) is 9.81. The molecule has 6 heteroatoms. The monoisotopic (exact) mass is 325 g/mol. The number of hydrogen-bond acceptors (Lipinski definition) is 3. The van der Waals surface area contributed by atoms with Gasteiger partial charge >= 0.3 is 0 Å². The van der Waals surface area contributed by atoms with Crippen molar-refractivity contribution in [1.29, 1.82) is 0 Å². The van der Waals surface area contributed by atoms with Gasteiger partial charge in [-0.3, -0.25) is 9.59 Å². The van der Waals surface area contributed by atoms with Crippen molar-refractivity contribution in [3.8, 4) is 0 Å². The maximum atomic E-state index is 12.5. The van der Waals surface area contributed by atoms with Crippen molar-refractivity contribution in [2.75, 3.05) is 5.32 Å². The van der Waals surface area contributed by atoms with Gasteiger partial charge in [-0.15, -0.1) is 12.4 Å². The van der Waals surface area contributed by atoms with E-state index in [4.69, 9.17) is 11.5 Å². The number of rotatable bonds is 3. The van der Waals surface area contributed by atoms with Crippen LogP contribution in [-0.2, 0) is 4.79 Å². The first kappa shape index (κ1) is 18.5. The lowest BCUT2D eigenvalue weighted by Crippen LogP contribution is -2.51. The minimum atomic E-state index is -0.508. The molecule has 1 saturated carbocycles. The zero-order chi connectivity index (χ0) is 15.6. The van der Waals surface area contributed by atoms with Gasteiger partial charge < -0.3 is 16.8 Å². The van der Waals surface area contributed by atoms with Crippen molar-refractivity contribution in [2.24, 2.45) is 17.4 Å². The summed E-state index contributed by atoms with van der Waals surface area (Å²) < 4.78 is 0. The van der Waals surface area contributed by atoms with Gasteiger partial charge in [0.1, 0.15) is 0 Å². The summed E-state index contributed by atoms with van der Waals surface area (Å²) in [5.74, 6) is -0.792. The maximum absolute atomic E-state index is 12.5. The molecular weight excluding hydrogens is 302 g/mol. The van der Waals surface area contributed by atoms with Crippen LogP contribution in [0, 0.1) is 12.8 Å². The molecule has 2 rings (SSSR count). The number of nitrogens with two attached hydrogens (primary N) is 2. The van der Waals surface area contributed by atoms with Crippen LogP contribution in [0.5, 0.6) is 0 Å². The third-order valence-electron chi connectivity index (χ3n) is 4.35. The van der Waals surface area contributed by atoms with Crippen molar-refractivity contribution in [1.82, 2.24) is 0 Å². The molecule has 1 aliphatic rings. The van der Waals surface area contributed by atoms with Crippen molar-refractivity contribution in [3.63, 3.8) is 0 Å². The Hall–Kier alpha value is -1.59. The number of carbonyl (C=O) groups is 2. The van der Waals surface area contributed by atoms with Crippen LogP contribution >= 0.6 is 12.4 Å². The average Bonchev–Trinajstić information content (AvgIpc) is 2.40. The molecule has 5 N–H and O–H groups in total. The molecule has 0 bridgehead atoms. The molecule has 2 atom stereocenters. The maximum Gasteiger partial charge on any atom is 0.248 e. The average molecular weight is 326 g/mol. The Morgan fingerprint density at radius 3 is 2.59 bits per heavy atom. The van der Waals surface area contributed by atoms with Gasteiger partial charge in [0.05, 0.1) is 5.92 Å². The highest BCUT2D eigenvalue weighted by Gasteiger charge is 2.37. The fourth-order valence-electron chi connectivity index (χ4n) is 2.92. The number of hydrogen-bond donors (Lipinski definition) is 3. The topological polar surface area (TPSA) is 98.2 Å². The second-order valence-electron chi connectivity index (χ2n) is 6.19. The normalized spacial score (nSPS) is 24.2. The van der Waals surface area contributed by atoms with E-state index in [1.54, 1.807) is 18.2 Å². The van der Waals surface area contributed by atoms with Gasteiger partial charge in [0.2, 0.25) is 11.8 Å². The van der Waals surface area contributed by atoms with E-state index in [1.807, 2.05) is 13.8 Å². The highest BCUT2D eigenvalue weighted by Crippen LogP contribution is 2.32. The first-order valence-corrected chi connectivity index (χ1v) is 7.31. The lowest BCUT2D eigenvalue weighted by molar-refractivity contribution is -0.122. The Labute approximate surface area is 137 Å². The van der Waals surface area contributed by atoms with Crippen LogP contribution in [0.1, 0.15) is 48.5 Å². The number of amides is 2. The summed E-state index contributed by atoms with van der Waals surface area (Å²) in [6.07, 6.45) is 3.73. The molecule has 1 aromatic rings. The Balaban J connectivity index is 0.00000242. The summed E-state index contributed by atoms with van der Waals surface area (Å²) in [6.45, 7) is 3.81. The van der Waals surface area contributed by atoms with E-state index in [0.717, 1.165) is 31.2 Å². The van der Waals surface area contributed by atoms with E-state index in [1.165, 1.54) is 0 Å². The van der Waals surface area contributed by atoms with Crippen LogP contribution in [0.15, 0.2) is 18.2 Å². The van der Waals surface area contributed by atoms with Crippen molar-refractivity contribution in [3.05, 3.63) is 29.3 Å². The standard InChI is InChI=1S/C16H23N3O2.ClH/c1-10-6-7-11(14(17)20)9-13(10)19-15(21)12-5-3-4-8-16(12,2)18;/h6-7,9,12H,3-5,8,18H2,1-2H3,(H2,17,20)(H,19,21);1H. The van der Waals surface area contributed by atoms with Crippen LogP contribution in [0.25, 0.3) is 0 Å². The van der Waals surface area contributed by atoms with Gasteiger partial charge in [0, 0.05) is 16.8 Å². The van der Waals surface area contributed by atoms with Gasteiger partial charge in [0.15, 0.2) is 0 Å². The molecule has 0 aliphatic heterocycles. The minimum Gasteiger partial charge on any atom is -0.366 e. The Morgan fingerprint density at radius 1 is 1.32 bits per heavy atom. The van der Waals surface area contributed by atoms with E-state index in [2.05, 4.69) is 5.32 Å². The summed E-state index contributed by atoms with van der Waals surface area (Å²) in [5.41, 5.74) is 13.0. The summed E-state index contributed by atoms with van der Waals surface area (Å²) in [4.78, 5) is 23.8. The molecule has 0 aromatic heterocycles. The number of carbonyl (C=O) groups excluding carboxylic acids is 2. The fraction of sp³-hybridized carbons (Fsp3) is 0.500. The Kier molecular flexibility index (Phi) is 5.97. The predicted octanol–water partition coefficient (Wildman–Crippen LogP) is 2.36. The first-order valence-electron chi connectivity index (χ1n) is 7.31. The largest absolute Gasteiger partial charge is 0.366 e. The molecule has 0 heterocycles. The Bertz CT molecular complexity index is 573. The molecule has 1 aromatic carbocycles. The number of benzene rings is 1. The molecule has 22 heavy (non-hydrogen) atoms. The molecule has 5 nitrogen and oxygen atoms in total. The number of halogens is 1. The summed E-state index contributed by atoms with van der Waals surface area (Å²) in [7, 11) is 0. The van der Waals surface area contributed by atoms with Crippen molar-refractivity contribution >= 4 is 29.9 Å². The zero-order valence-corrected chi connectivity index (χ0v) is 13.8. The van der Waals surface area contributed by atoms with Crippen LogP contribution in [0.3, 0.4) is 0 Å². The third kappa shape index (κ3) is 3.99. The van der Waals surface area contributed by atoms with Gasteiger partial charge in [-0.2, -0.15) is 0 Å². The van der Waals surface area contributed by atoms with Crippen LogP contribution in [0.4, 0.5) is 5.69 Å². The van der Waals surface area contributed by atoms with Gasteiger partial charge in [-0.05, 0) is 44.4 Å². The fourth-order valence-corrected chi connectivity index (χ4v) is 2.92. The molecular formula is C16H24ClN3O2. The number of anilines is 1. The van der Waals surface area contributed by atoms with Crippen LogP contribution in [0.2, 0.25) is 0 Å². The number of aryl methyl sites for hydroxylation is 1. The molecule has 122 valence electrons. The van der Waals surface area contributed by atoms with E-state index in [-0.39, 0.29) is 24.2 Å². The van der Waals surface area contributed by atoms with E-state index < -0.39 is 11.4 Å². The van der Waals surface area contributed by atoms with Crippen LogP contribution < -0.4 is 16.8 Å². The lowest BCUT2D eigenvalue weighted by Gasteiger charge is -2.37. The van der Waals surface area contributed by atoms with E-state index >= 15 is 0 Å². The molecule has 0 saturated heterocycles. The summed E-state index contributed by atoms with van der Waals surface area (Å²) >= 11 is 0. The smallest absolute Gasteiger partial charge is 0.248 e. The van der Waals surface area contributed by atoms with Crippen LogP contribution in [-0.4, -0.2) is 17.4 Å². The SMILES string of the molecule is Cc1ccc(C(N)=O)cc1NC(=O)C1CCCCC1(C)N.Cl. The predicted molar refractivity (Wildman–Crippen MR) is 90.1 cm³/mol. The van der Waals surface area contributed by atoms with E-state index in [9.17, 15) is 9.59 Å². The molecule has 0 radical (unpaired) electrons. The molecule has 0 spiro atoms. The number of nitrogens with one attached hydrogen (secondary N) is 1. The summed E-state index contributed by atoms with van der Waals surface area (Å²) in [5, 5.41) is 2.90. The highest BCUT2D eigenvalue weighted by atomic mass is 35.5. The summed E-state index contributed by atoms with van der Waals surface area (Å²) in [6, 6.07) is 5.05. The lowest BCUT2D eigenvalue weighted by atomic mass is 9.74. The number of primary amides is 1. The molecule has 2 amide bonds. The Morgan fingerprint density at radius 2 is 2.00 bits per heavy atom.